The fourth-order valence-corrected chi connectivity index (χ4v) is 20.1. The number of rotatable bonds is 7. The van der Waals surface area contributed by atoms with Crippen molar-refractivity contribution in [3.63, 3.8) is 0 Å². The van der Waals surface area contributed by atoms with Gasteiger partial charge in [-0.05, 0) is 77.1 Å². The summed E-state index contributed by atoms with van der Waals surface area (Å²) >= 11 is 0. The Bertz CT molecular complexity index is 1830. The van der Waals surface area contributed by atoms with E-state index in [-0.39, 0.29) is 41.4 Å². The largest absolute Gasteiger partial charge is 0.412 e. The second-order valence-corrected chi connectivity index (χ2v) is 25.8. The zero-order chi connectivity index (χ0) is 39.7. The molecule has 4 amide bonds. The molecule has 0 spiro atoms. The van der Waals surface area contributed by atoms with Crippen LogP contribution in [0.2, 0.25) is 22.2 Å². The zero-order valence-electron chi connectivity index (χ0n) is 33.7. The van der Waals surface area contributed by atoms with Crippen molar-refractivity contribution in [3.8, 4) is 0 Å². The van der Waals surface area contributed by atoms with E-state index in [9.17, 15) is 19.2 Å². The molecular formula is C44H58N2O6Si2. The zero-order valence-corrected chi connectivity index (χ0v) is 35.7. The third-order valence-electron chi connectivity index (χ3n) is 11.9. The Morgan fingerprint density at radius 2 is 1.17 bits per heavy atom. The van der Waals surface area contributed by atoms with Crippen LogP contribution in [0.1, 0.15) is 75.7 Å². The minimum absolute atomic E-state index is 0.0351. The summed E-state index contributed by atoms with van der Waals surface area (Å²) in [6, 6.07) is 18.2. The molecule has 7 rings (SSSR count). The first kappa shape index (κ1) is 41.2. The molecule has 4 aliphatic heterocycles. The van der Waals surface area contributed by atoms with Gasteiger partial charge in [0, 0.05) is 24.7 Å². The number of allylic oxidation sites excluding steroid dienone is 3. The average Bonchev–Trinajstić information content (AvgIpc) is 3.90. The molecule has 8 nitrogen and oxygen atoms in total. The molecule has 0 bridgehead atoms. The van der Waals surface area contributed by atoms with Crippen LogP contribution < -0.4 is 9.80 Å². The normalized spacial score (nSPS) is 23.9. The molecule has 0 radical (unpaired) electrons. The molecule has 54 heavy (non-hydrogen) atoms. The van der Waals surface area contributed by atoms with E-state index in [1.807, 2.05) is 36.4 Å². The highest BCUT2D eigenvalue weighted by atomic mass is 28.4. The van der Waals surface area contributed by atoms with Crippen molar-refractivity contribution < 1.29 is 28.0 Å². The van der Waals surface area contributed by atoms with E-state index in [2.05, 4.69) is 81.9 Å². The van der Waals surface area contributed by atoms with Crippen molar-refractivity contribution in [3.05, 3.63) is 107 Å². The van der Waals surface area contributed by atoms with Gasteiger partial charge in [-0.3, -0.25) is 24.1 Å². The highest BCUT2D eigenvalue weighted by Crippen LogP contribution is 2.56. The first-order chi connectivity index (χ1) is 25.5. The van der Waals surface area contributed by atoms with Gasteiger partial charge in [0.2, 0.25) is 28.4 Å². The lowest BCUT2D eigenvalue weighted by Crippen LogP contribution is -2.46. The Hall–Kier alpha value is -3.97. The lowest BCUT2D eigenvalue weighted by Gasteiger charge is -2.40. The van der Waals surface area contributed by atoms with E-state index in [1.54, 1.807) is 24.3 Å². The predicted molar refractivity (Wildman–Crippen MR) is 221 cm³/mol. The van der Waals surface area contributed by atoms with E-state index in [4.69, 9.17) is 8.85 Å². The summed E-state index contributed by atoms with van der Waals surface area (Å²) in [5, 5.41) is 2.88. The lowest BCUT2D eigenvalue weighted by molar-refractivity contribution is -0.123. The second-order valence-electron chi connectivity index (χ2n) is 16.4. The monoisotopic (exact) mass is 766 g/mol. The molecule has 3 unspecified atom stereocenters. The molecule has 0 aromatic heterocycles. The summed E-state index contributed by atoms with van der Waals surface area (Å²) in [6.45, 7) is 27.9. The van der Waals surface area contributed by atoms with Crippen LogP contribution in [0.3, 0.4) is 0 Å². The third-order valence-corrected chi connectivity index (χ3v) is 23.2. The van der Waals surface area contributed by atoms with E-state index in [0.717, 1.165) is 11.5 Å². The first-order valence-electron chi connectivity index (χ1n) is 19.4. The summed E-state index contributed by atoms with van der Waals surface area (Å²) in [4.78, 5) is 51.5. The van der Waals surface area contributed by atoms with Crippen LogP contribution in [0.25, 0.3) is 0 Å². The minimum Gasteiger partial charge on any atom is -0.412 e. The van der Waals surface area contributed by atoms with Gasteiger partial charge in [-0.1, -0.05) is 116 Å². The predicted octanol–water partition coefficient (Wildman–Crippen LogP) is 9.40. The number of amides is 4. The fraction of sp³-hybridized carbons (Fsp3) is 0.455. The highest BCUT2D eigenvalue weighted by molar-refractivity contribution is 6.85. The van der Waals surface area contributed by atoms with Gasteiger partial charge in [-0.15, -0.1) is 0 Å². The van der Waals surface area contributed by atoms with Crippen LogP contribution in [0.15, 0.2) is 107 Å². The number of para-hydroxylation sites is 2. The van der Waals surface area contributed by atoms with Crippen molar-refractivity contribution in [1.29, 1.82) is 0 Å². The van der Waals surface area contributed by atoms with Crippen LogP contribution in [0.5, 0.6) is 0 Å². The molecule has 288 valence electrons. The van der Waals surface area contributed by atoms with Crippen molar-refractivity contribution in [2.24, 2.45) is 17.8 Å². The Morgan fingerprint density at radius 1 is 0.685 bits per heavy atom. The van der Waals surface area contributed by atoms with Gasteiger partial charge in [0.05, 0.1) is 29.8 Å². The Balaban J connectivity index is 0.000000174. The summed E-state index contributed by atoms with van der Waals surface area (Å²) in [6.07, 6.45) is 5.49. The summed E-state index contributed by atoms with van der Waals surface area (Å²) in [5.41, 5.74) is 6.00. The molecule has 0 N–H and O–H groups in total. The van der Waals surface area contributed by atoms with Crippen LogP contribution in [0, 0.1) is 17.8 Å². The number of carbonyl (C=O) groups is 4. The van der Waals surface area contributed by atoms with Crippen molar-refractivity contribution in [2.75, 3.05) is 23.0 Å². The molecule has 10 heteroatoms. The third kappa shape index (κ3) is 7.14. The van der Waals surface area contributed by atoms with Crippen LogP contribution in [-0.4, -0.2) is 53.5 Å². The number of hydrogen-bond acceptors (Lipinski definition) is 6. The van der Waals surface area contributed by atoms with Crippen molar-refractivity contribution >= 4 is 51.6 Å². The Labute approximate surface area is 324 Å². The molecule has 3 atom stereocenters. The van der Waals surface area contributed by atoms with Crippen molar-refractivity contribution in [1.82, 2.24) is 0 Å². The molecule has 2 saturated heterocycles. The number of anilines is 2. The summed E-state index contributed by atoms with van der Waals surface area (Å²) < 4.78 is 12.7. The van der Waals surface area contributed by atoms with E-state index < -0.39 is 16.6 Å². The molecule has 2 fully saturated rings. The standard InChI is InChI=1S/C22H29NO3Si.C12H22OSi.C10H7NO2/c1-13(2)27(14(3)4)20-15(5)11-17-19(18(20)12-26-27)22(25)23(21(17)24)16-9-7-6-8-10-16;1-9(2)12-7-8-13-14(12,10(3)4)11(5)6;12-9-6-7-10(13)11(9)8-4-2-1-3-5-8/h6-10,13-14,17-19H,11-12H2,1-5H3;7,10-11H,1,8H2,2-6H3;1-7H. The second kappa shape index (κ2) is 16.4. The van der Waals surface area contributed by atoms with Gasteiger partial charge >= 0.3 is 0 Å². The Morgan fingerprint density at radius 3 is 1.61 bits per heavy atom. The molecule has 4 heterocycles. The van der Waals surface area contributed by atoms with Crippen LogP contribution in [0.4, 0.5) is 11.4 Å². The number of carbonyl (C=O) groups excluding carboxylic acids is 4. The van der Waals surface area contributed by atoms with Gasteiger partial charge in [0.25, 0.3) is 11.8 Å². The van der Waals surface area contributed by atoms with Crippen LogP contribution >= 0.6 is 0 Å². The summed E-state index contributed by atoms with van der Waals surface area (Å²) in [7, 11) is -3.85. The quantitative estimate of drug-likeness (QED) is 0.206. The molecule has 2 aromatic rings. The van der Waals surface area contributed by atoms with E-state index in [0.29, 0.717) is 46.6 Å². The number of nitrogens with zero attached hydrogens (tertiary/aromatic N) is 2. The maximum absolute atomic E-state index is 13.4. The van der Waals surface area contributed by atoms with Gasteiger partial charge in [-0.25, -0.2) is 4.90 Å². The smallest absolute Gasteiger partial charge is 0.258 e. The molecule has 1 aliphatic carbocycles. The van der Waals surface area contributed by atoms with Gasteiger partial charge < -0.3 is 8.85 Å². The molecule has 0 saturated carbocycles. The van der Waals surface area contributed by atoms with Crippen molar-refractivity contribution in [2.45, 2.75) is 97.8 Å². The molecule has 2 aromatic carbocycles. The highest BCUT2D eigenvalue weighted by Gasteiger charge is 2.63. The maximum atomic E-state index is 13.4. The van der Waals surface area contributed by atoms with E-state index >= 15 is 0 Å². The first-order valence-corrected chi connectivity index (χ1v) is 23.5. The number of fused-ring (bicyclic) bond motifs is 3. The minimum atomic E-state index is -2.13. The fourth-order valence-electron chi connectivity index (χ4n) is 9.78. The average molecular weight is 767 g/mol. The van der Waals surface area contributed by atoms with Gasteiger partial charge in [-0.2, -0.15) is 0 Å². The number of hydrogen-bond donors (Lipinski definition) is 0. The maximum Gasteiger partial charge on any atom is 0.258 e. The lowest BCUT2D eigenvalue weighted by atomic mass is 9.75. The number of benzene rings is 2. The Kier molecular flexibility index (Phi) is 12.5. The topological polar surface area (TPSA) is 93.2 Å². The van der Waals surface area contributed by atoms with Gasteiger partial charge in [0.15, 0.2) is 0 Å². The van der Waals surface area contributed by atoms with E-state index in [1.165, 1.54) is 38.6 Å². The molecular weight excluding hydrogens is 709 g/mol. The SMILES string of the molecule is C=C(C)C1=CCO[Si]1(C(C)C)C(C)C.CC1=C2C(CO[Si]2(C(C)C)C(C)C)C2C(=O)N(c3ccccc3)C(=O)C2C1.O=C1C=CC(=O)N1c1ccccc1. The number of imide groups is 2. The van der Waals surface area contributed by atoms with Gasteiger partial charge in [0.1, 0.15) is 0 Å². The van der Waals surface area contributed by atoms with Crippen LogP contribution in [-0.2, 0) is 28.0 Å². The summed E-state index contributed by atoms with van der Waals surface area (Å²) in [5.74, 6) is -1.06. The molecule has 5 aliphatic rings.